The van der Waals surface area contributed by atoms with Gasteiger partial charge in [0.15, 0.2) is 11.6 Å². The molecule has 0 aliphatic heterocycles. The fourth-order valence-corrected chi connectivity index (χ4v) is 2.79. The van der Waals surface area contributed by atoms with Crippen LogP contribution in [0.25, 0.3) is 21.9 Å². The summed E-state index contributed by atoms with van der Waals surface area (Å²) >= 11 is 0. The van der Waals surface area contributed by atoms with E-state index in [0.29, 0.717) is 5.39 Å². The quantitative estimate of drug-likeness (QED) is 0.541. The van der Waals surface area contributed by atoms with Crippen molar-refractivity contribution in [1.82, 2.24) is 0 Å². The fraction of sp³-hybridized carbons (Fsp3) is 0.200. The normalized spacial score (nSPS) is 11.2. The van der Waals surface area contributed by atoms with Crippen molar-refractivity contribution < 1.29 is 17.9 Å². The zero-order valence-electron chi connectivity index (χ0n) is 13.2. The Labute approximate surface area is 138 Å². The Bertz CT molecular complexity index is 841. The number of ether oxygens (including phenoxy) is 1. The maximum absolute atomic E-state index is 14.2. The van der Waals surface area contributed by atoms with Gasteiger partial charge in [-0.25, -0.2) is 4.39 Å². The van der Waals surface area contributed by atoms with E-state index in [2.05, 4.69) is 23.8 Å². The molecule has 1 nitrogen and oxygen atoms in total. The molecule has 4 heteroatoms. The average Bonchev–Trinajstić information content (AvgIpc) is 2.58. The summed E-state index contributed by atoms with van der Waals surface area (Å²) < 4.78 is 43.0. The molecule has 3 aromatic carbocycles. The van der Waals surface area contributed by atoms with Crippen LogP contribution in [0.3, 0.4) is 0 Å². The molecule has 0 aliphatic carbocycles. The predicted molar refractivity (Wildman–Crippen MR) is 90.0 cm³/mol. The van der Waals surface area contributed by atoms with Crippen LogP contribution in [-0.4, -0.2) is 6.61 Å². The van der Waals surface area contributed by atoms with Gasteiger partial charge in [-0.3, -0.25) is 0 Å². The molecular formula is C20H17F3O. The zero-order chi connectivity index (χ0) is 17.1. The minimum Gasteiger partial charge on any atom is -0.432 e. The number of benzene rings is 3. The van der Waals surface area contributed by atoms with Crippen molar-refractivity contribution in [2.24, 2.45) is 0 Å². The van der Waals surface area contributed by atoms with E-state index in [1.54, 1.807) is 18.2 Å². The van der Waals surface area contributed by atoms with Gasteiger partial charge in [0.25, 0.3) is 0 Å². The minimum absolute atomic E-state index is 0.263. The van der Waals surface area contributed by atoms with E-state index >= 15 is 0 Å². The van der Waals surface area contributed by atoms with E-state index in [4.69, 9.17) is 0 Å². The highest BCUT2D eigenvalue weighted by Crippen LogP contribution is 2.31. The molecule has 0 unspecified atom stereocenters. The van der Waals surface area contributed by atoms with E-state index in [0.717, 1.165) is 24.0 Å². The van der Waals surface area contributed by atoms with Crippen LogP contribution in [0, 0.1) is 5.82 Å². The fourth-order valence-electron chi connectivity index (χ4n) is 2.79. The summed E-state index contributed by atoms with van der Waals surface area (Å²) in [5, 5.41) is 0.906. The Morgan fingerprint density at radius 1 is 0.917 bits per heavy atom. The van der Waals surface area contributed by atoms with Crippen molar-refractivity contribution >= 4 is 10.8 Å². The van der Waals surface area contributed by atoms with Gasteiger partial charge < -0.3 is 4.74 Å². The van der Waals surface area contributed by atoms with E-state index < -0.39 is 18.2 Å². The smallest absolute Gasteiger partial charge is 0.387 e. The third-order valence-electron chi connectivity index (χ3n) is 3.96. The predicted octanol–water partition coefficient (Wildman–Crippen LogP) is 6.20. The SMILES string of the molecule is CCCc1ccc(-c2ccc3c(F)c(OC(F)F)ccc3c2)cc1. The number of aryl methyl sites for hydroxylation is 1. The summed E-state index contributed by atoms with van der Waals surface area (Å²) in [5.74, 6) is -1.20. The molecule has 0 amide bonds. The Morgan fingerprint density at radius 3 is 2.29 bits per heavy atom. The first-order valence-corrected chi connectivity index (χ1v) is 7.85. The topological polar surface area (TPSA) is 9.23 Å². The van der Waals surface area contributed by atoms with Crippen molar-refractivity contribution in [2.45, 2.75) is 26.4 Å². The molecule has 0 radical (unpaired) electrons. The van der Waals surface area contributed by atoms with Crippen molar-refractivity contribution in [3.05, 3.63) is 66.0 Å². The summed E-state index contributed by atoms with van der Waals surface area (Å²) in [6.45, 7) is -0.907. The highest BCUT2D eigenvalue weighted by atomic mass is 19.3. The van der Waals surface area contributed by atoms with Crippen LogP contribution in [-0.2, 0) is 6.42 Å². The molecule has 0 bridgehead atoms. The number of rotatable bonds is 5. The Kier molecular flexibility index (Phi) is 4.74. The lowest BCUT2D eigenvalue weighted by atomic mass is 9.99. The highest BCUT2D eigenvalue weighted by Gasteiger charge is 2.13. The monoisotopic (exact) mass is 330 g/mol. The molecule has 0 N–H and O–H groups in total. The van der Waals surface area contributed by atoms with Crippen LogP contribution in [0.5, 0.6) is 5.75 Å². The van der Waals surface area contributed by atoms with Crippen LogP contribution in [0.2, 0.25) is 0 Å². The first-order valence-electron chi connectivity index (χ1n) is 7.85. The maximum Gasteiger partial charge on any atom is 0.387 e. The Morgan fingerprint density at radius 2 is 1.62 bits per heavy atom. The molecule has 0 atom stereocenters. The zero-order valence-corrected chi connectivity index (χ0v) is 13.2. The Hall–Kier alpha value is -2.49. The average molecular weight is 330 g/mol. The summed E-state index contributed by atoms with van der Waals surface area (Å²) in [6.07, 6.45) is 2.13. The van der Waals surface area contributed by atoms with Gasteiger partial charge >= 0.3 is 6.61 Å². The molecule has 3 aromatic rings. The largest absolute Gasteiger partial charge is 0.432 e. The maximum atomic E-state index is 14.2. The lowest BCUT2D eigenvalue weighted by Crippen LogP contribution is -2.03. The number of halogens is 3. The van der Waals surface area contributed by atoms with Crippen LogP contribution in [0.1, 0.15) is 18.9 Å². The molecule has 0 aliphatic rings. The number of alkyl halides is 2. The number of fused-ring (bicyclic) bond motifs is 1. The van der Waals surface area contributed by atoms with Crippen molar-refractivity contribution in [1.29, 1.82) is 0 Å². The standard InChI is InChI=1S/C20H17F3O/c1-2-3-13-4-6-14(7-5-13)15-8-10-17-16(12-15)9-11-18(19(17)21)24-20(22)23/h4-12,20H,2-3H2,1H3. The van der Waals surface area contributed by atoms with E-state index in [9.17, 15) is 13.2 Å². The second-order valence-electron chi connectivity index (χ2n) is 5.64. The summed E-state index contributed by atoms with van der Waals surface area (Å²) in [6, 6.07) is 16.3. The van der Waals surface area contributed by atoms with Crippen molar-refractivity contribution in [3.8, 4) is 16.9 Å². The van der Waals surface area contributed by atoms with Gasteiger partial charge in [-0.2, -0.15) is 8.78 Å². The first kappa shape index (κ1) is 16.4. The summed E-state index contributed by atoms with van der Waals surface area (Å²) in [4.78, 5) is 0. The Balaban J connectivity index is 1.96. The van der Waals surface area contributed by atoms with Crippen LogP contribution >= 0.6 is 0 Å². The highest BCUT2D eigenvalue weighted by molar-refractivity contribution is 5.89. The van der Waals surface area contributed by atoms with Gasteiger partial charge in [0.2, 0.25) is 0 Å². The van der Waals surface area contributed by atoms with E-state index in [1.165, 1.54) is 11.6 Å². The third-order valence-corrected chi connectivity index (χ3v) is 3.96. The lowest BCUT2D eigenvalue weighted by molar-refractivity contribution is -0.0520. The van der Waals surface area contributed by atoms with Gasteiger partial charge in [0, 0.05) is 5.39 Å². The van der Waals surface area contributed by atoms with Gasteiger partial charge in [-0.15, -0.1) is 0 Å². The van der Waals surface area contributed by atoms with Gasteiger partial charge in [-0.1, -0.05) is 55.8 Å². The number of hydrogen-bond acceptors (Lipinski definition) is 1. The van der Waals surface area contributed by atoms with E-state index in [1.807, 2.05) is 18.2 Å². The summed E-state index contributed by atoms with van der Waals surface area (Å²) in [7, 11) is 0. The molecule has 0 saturated heterocycles. The third kappa shape index (κ3) is 3.37. The molecular weight excluding hydrogens is 313 g/mol. The second-order valence-corrected chi connectivity index (χ2v) is 5.64. The van der Waals surface area contributed by atoms with Crippen molar-refractivity contribution in [2.75, 3.05) is 0 Å². The minimum atomic E-state index is -3.04. The molecule has 124 valence electrons. The van der Waals surface area contributed by atoms with Crippen LogP contribution in [0.4, 0.5) is 13.2 Å². The molecule has 0 aromatic heterocycles. The lowest BCUT2D eigenvalue weighted by Gasteiger charge is -2.10. The van der Waals surface area contributed by atoms with Crippen molar-refractivity contribution in [3.63, 3.8) is 0 Å². The van der Waals surface area contributed by atoms with Crippen LogP contribution < -0.4 is 4.74 Å². The van der Waals surface area contributed by atoms with Gasteiger partial charge in [-0.05, 0) is 40.6 Å². The summed E-state index contributed by atoms with van der Waals surface area (Å²) in [5.41, 5.74) is 3.26. The molecule has 0 heterocycles. The van der Waals surface area contributed by atoms with Crippen LogP contribution in [0.15, 0.2) is 54.6 Å². The molecule has 24 heavy (non-hydrogen) atoms. The molecule has 3 rings (SSSR count). The molecule has 0 spiro atoms. The molecule has 0 fully saturated rings. The van der Waals surface area contributed by atoms with Gasteiger partial charge in [0.05, 0.1) is 0 Å². The molecule has 0 saturated carbocycles. The first-order chi connectivity index (χ1) is 11.6. The van der Waals surface area contributed by atoms with Gasteiger partial charge in [0.1, 0.15) is 0 Å². The second kappa shape index (κ2) is 6.95. The van der Waals surface area contributed by atoms with E-state index in [-0.39, 0.29) is 5.39 Å². The number of hydrogen-bond donors (Lipinski definition) is 0.